The molecule has 0 aliphatic heterocycles. The SMILES string of the molecule is CN(C)CCNc1cc(C(=O)O)c2cnn(-c3ccc(F)cc3)c2c1. The van der Waals surface area contributed by atoms with Crippen molar-refractivity contribution in [3.05, 3.63) is 54.0 Å². The van der Waals surface area contributed by atoms with Crippen LogP contribution in [0.3, 0.4) is 0 Å². The maximum atomic E-state index is 13.2. The Morgan fingerprint density at radius 3 is 2.64 bits per heavy atom. The number of hydrogen-bond acceptors (Lipinski definition) is 4. The number of nitrogens with one attached hydrogen (secondary N) is 1. The summed E-state index contributed by atoms with van der Waals surface area (Å²) >= 11 is 0. The summed E-state index contributed by atoms with van der Waals surface area (Å²) in [4.78, 5) is 13.7. The van der Waals surface area contributed by atoms with Crippen molar-refractivity contribution in [2.45, 2.75) is 0 Å². The molecule has 0 amide bonds. The number of anilines is 1. The van der Waals surface area contributed by atoms with Gasteiger partial charge < -0.3 is 15.3 Å². The maximum absolute atomic E-state index is 13.2. The number of likely N-dealkylation sites (N-methyl/N-ethyl adjacent to an activating group) is 1. The van der Waals surface area contributed by atoms with Crippen molar-refractivity contribution in [3.63, 3.8) is 0 Å². The summed E-state index contributed by atoms with van der Waals surface area (Å²) in [5.74, 6) is -1.35. The van der Waals surface area contributed by atoms with Crippen LogP contribution >= 0.6 is 0 Å². The molecule has 2 aromatic carbocycles. The van der Waals surface area contributed by atoms with E-state index in [1.165, 1.54) is 18.3 Å². The van der Waals surface area contributed by atoms with Crippen LogP contribution in [0.25, 0.3) is 16.6 Å². The molecule has 0 atom stereocenters. The number of aromatic carboxylic acids is 1. The summed E-state index contributed by atoms with van der Waals surface area (Å²) in [7, 11) is 3.94. The molecule has 0 saturated carbocycles. The molecule has 2 N–H and O–H groups in total. The van der Waals surface area contributed by atoms with E-state index in [0.29, 0.717) is 28.8 Å². The van der Waals surface area contributed by atoms with Crippen LogP contribution in [-0.4, -0.2) is 52.9 Å². The van der Waals surface area contributed by atoms with Gasteiger partial charge in [-0.05, 0) is 50.5 Å². The number of carboxylic acid groups (broad SMARTS) is 1. The largest absolute Gasteiger partial charge is 0.478 e. The standard InChI is InChI=1S/C18H19FN4O2/c1-22(2)8-7-20-13-9-15(18(24)25)16-11-21-23(17(16)10-13)14-5-3-12(19)4-6-14/h3-6,9-11,20H,7-8H2,1-2H3,(H,24,25). The minimum Gasteiger partial charge on any atom is -0.478 e. The third kappa shape index (κ3) is 3.61. The molecule has 0 unspecified atom stereocenters. The van der Waals surface area contributed by atoms with Crippen LogP contribution in [0.5, 0.6) is 0 Å². The van der Waals surface area contributed by atoms with Gasteiger partial charge in [-0.15, -0.1) is 0 Å². The first-order valence-corrected chi connectivity index (χ1v) is 7.85. The molecule has 1 heterocycles. The Morgan fingerprint density at radius 1 is 1.28 bits per heavy atom. The third-order valence-electron chi connectivity index (χ3n) is 3.88. The van der Waals surface area contributed by atoms with Gasteiger partial charge in [-0.1, -0.05) is 0 Å². The van der Waals surface area contributed by atoms with Crippen LogP contribution in [-0.2, 0) is 0 Å². The number of halogens is 1. The molecule has 3 aromatic rings. The lowest BCUT2D eigenvalue weighted by Gasteiger charge is -2.13. The molecule has 1 aromatic heterocycles. The van der Waals surface area contributed by atoms with Gasteiger partial charge in [-0.2, -0.15) is 5.10 Å². The third-order valence-corrected chi connectivity index (χ3v) is 3.88. The van der Waals surface area contributed by atoms with Crippen LogP contribution < -0.4 is 5.32 Å². The summed E-state index contributed by atoms with van der Waals surface area (Å²) in [6.07, 6.45) is 1.52. The molecular weight excluding hydrogens is 323 g/mol. The van der Waals surface area contributed by atoms with Crippen molar-refractivity contribution in [2.75, 3.05) is 32.5 Å². The van der Waals surface area contributed by atoms with E-state index in [-0.39, 0.29) is 11.4 Å². The first-order valence-electron chi connectivity index (χ1n) is 7.85. The van der Waals surface area contributed by atoms with E-state index in [2.05, 4.69) is 10.4 Å². The maximum Gasteiger partial charge on any atom is 0.336 e. The predicted octanol–water partition coefficient (Wildman–Crippen LogP) is 2.84. The van der Waals surface area contributed by atoms with Gasteiger partial charge in [0.2, 0.25) is 0 Å². The Morgan fingerprint density at radius 2 is 2.00 bits per heavy atom. The lowest BCUT2D eigenvalue weighted by atomic mass is 10.1. The summed E-state index contributed by atoms with van der Waals surface area (Å²) in [6, 6.07) is 9.37. The van der Waals surface area contributed by atoms with Crippen LogP contribution in [0.15, 0.2) is 42.6 Å². The Labute approximate surface area is 144 Å². The Kier molecular flexibility index (Phi) is 4.67. The van der Waals surface area contributed by atoms with Crippen molar-refractivity contribution < 1.29 is 14.3 Å². The molecule has 0 aliphatic rings. The van der Waals surface area contributed by atoms with Gasteiger partial charge in [0.05, 0.1) is 23.0 Å². The van der Waals surface area contributed by atoms with Gasteiger partial charge in [0.1, 0.15) is 5.82 Å². The van der Waals surface area contributed by atoms with E-state index in [0.717, 1.165) is 6.54 Å². The second-order valence-corrected chi connectivity index (χ2v) is 6.02. The lowest BCUT2D eigenvalue weighted by Crippen LogP contribution is -2.20. The van der Waals surface area contributed by atoms with Crippen molar-refractivity contribution in [1.29, 1.82) is 0 Å². The topological polar surface area (TPSA) is 70.4 Å². The minimum atomic E-state index is -1.01. The van der Waals surface area contributed by atoms with Gasteiger partial charge in [0, 0.05) is 24.2 Å². The summed E-state index contributed by atoms with van der Waals surface area (Å²) in [5.41, 5.74) is 2.20. The zero-order chi connectivity index (χ0) is 18.0. The van der Waals surface area contributed by atoms with Crippen molar-refractivity contribution >= 4 is 22.6 Å². The molecule has 0 bridgehead atoms. The van der Waals surface area contributed by atoms with Crippen molar-refractivity contribution in [1.82, 2.24) is 14.7 Å². The molecule has 0 radical (unpaired) electrons. The highest BCUT2D eigenvalue weighted by molar-refractivity contribution is 6.04. The smallest absolute Gasteiger partial charge is 0.336 e. The van der Waals surface area contributed by atoms with Crippen LogP contribution in [0, 0.1) is 5.82 Å². The molecule has 3 rings (SSSR count). The number of benzene rings is 2. The lowest BCUT2D eigenvalue weighted by molar-refractivity contribution is 0.0699. The van der Waals surface area contributed by atoms with Crippen LogP contribution in [0.1, 0.15) is 10.4 Å². The fraction of sp³-hybridized carbons (Fsp3) is 0.222. The number of carbonyl (C=O) groups is 1. The van der Waals surface area contributed by atoms with E-state index in [1.807, 2.05) is 25.1 Å². The molecular formula is C18H19FN4O2. The zero-order valence-electron chi connectivity index (χ0n) is 14.0. The van der Waals surface area contributed by atoms with E-state index in [4.69, 9.17) is 0 Å². The van der Waals surface area contributed by atoms with Crippen LogP contribution in [0.4, 0.5) is 10.1 Å². The number of hydrogen-bond donors (Lipinski definition) is 2. The molecule has 0 fully saturated rings. The summed E-state index contributed by atoms with van der Waals surface area (Å²) < 4.78 is 14.8. The fourth-order valence-corrected chi connectivity index (χ4v) is 2.62. The number of carboxylic acids is 1. The molecule has 6 nitrogen and oxygen atoms in total. The quantitative estimate of drug-likeness (QED) is 0.721. The fourth-order valence-electron chi connectivity index (χ4n) is 2.62. The van der Waals surface area contributed by atoms with Gasteiger partial charge in [0.15, 0.2) is 0 Å². The summed E-state index contributed by atoms with van der Waals surface area (Å²) in [6.45, 7) is 1.50. The zero-order valence-corrected chi connectivity index (χ0v) is 14.0. The van der Waals surface area contributed by atoms with Crippen molar-refractivity contribution in [3.8, 4) is 5.69 Å². The van der Waals surface area contributed by atoms with E-state index >= 15 is 0 Å². The first-order chi connectivity index (χ1) is 12.0. The molecule has 0 spiro atoms. The highest BCUT2D eigenvalue weighted by Gasteiger charge is 2.15. The molecule has 7 heteroatoms. The van der Waals surface area contributed by atoms with Gasteiger partial charge in [-0.3, -0.25) is 0 Å². The van der Waals surface area contributed by atoms with Gasteiger partial charge in [-0.25, -0.2) is 13.9 Å². The number of aromatic nitrogens is 2. The monoisotopic (exact) mass is 342 g/mol. The Bertz CT molecular complexity index is 903. The number of nitrogens with zero attached hydrogens (tertiary/aromatic N) is 3. The van der Waals surface area contributed by atoms with E-state index < -0.39 is 5.97 Å². The average Bonchev–Trinajstić information content (AvgIpc) is 2.98. The number of rotatable bonds is 6. The van der Waals surface area contributed by atoms with Gasteiger partial charge >= 0.3 is 5.97 Å². The average molecular weight is 342 g/mol. The Hall–Kier alpha value is -2.93. The minimum absolute atomic E-state index is 0.179. The van der Waals surface area contributed by atoms with E-state index in [1.54, 1.807) is 22.9 Å². The van der Waals surface area contributed by atoms with Crippen LogP contribution in [0.2, 0.25) is 0 Å². The summed E-state index contributed by atoms with van der Waals surface area (Å²) in [5, 5.41) is 17.6. The molecule has 130 valence electrons. The number of fused-ring (bicyclic) bond motifs is 1. The second kappa shape index (κ2) is 6.90. The molecule has 0 saturated heterocycles. The van der Waals surface area contributed by atoms with E-state index in [9.17, 15) is 14.3 Å². The van der Waals surface area contributed by atoms with Gasteiger partial charge in [0.25, 0.3) is 0 Å². The normalized spacial score (nSPS) is 11.2. The predicted molar refractivity (Wildman–Crippen MR) is 95.0 cm³/mol. The first kappa shape index (κ1) is 16.9. The highest BCUT2D eigenvalue weighted by Crippen LogP contribution is 2.26. The highest BCUT2D eigenvalue weighted by atomic mass is 19.1. The second-order valence-electron chi connectivity index (χ2n) is 6.02. The molecule has 25 heavy (non-hydrogen) atoms. The molecule has 0 aliphatic carbocycles. The van der Waals surface area contributed by atoms with Crippen molar-refractivity contribution in [2.24, 2.45) is 0 Å². The Balaban J connectivity index is 2.06.